The van der Waals surface area contributed by atoms with Crippen molar-refractivity contribution in [2.75, 3.05) is 5.32 Å². The summed E-state index contributed by atoms with van der Waals surface area (Å²) in [6.45, 7) is 0.000310. The second kappa shape index (κ2) is 4.87. The van der Waals surface area contributed by atoms with Crippen LogP contribution in [0.15, 0.2) is 35.2 Å². The molecule has 2 N–H and O–H groups in total. The molecule has 0 fully saturated rings. The van der Waals surface area contributed by atoms with Crippen molar-refractivity contribution in [3.63, 3.8) is 0 Å². The van der Waals surface area contributed by atoms with Crippen molar-refractivity contribution in [2.24, 2.45) is 0 Å². The smallest absolute Gasteiger partial charge is 0.275 e. The molecule has 0 bridgehead atoms. The molecule has 82 valence electrons. The molecule has 1 heterocycles. The normalized spacial score (nSPS) is 10.1. The number of aliphatic hydroxyl groups excluding tert-OH is 1. The van der Waals surface area contributed by atoms with E-state index in [0.29, 0.717) is 11.4 Å². The minimum atomic E-state index is -0.224. The van der Waals surface area contributed by atoms with E-state index in [9.17, 15) is 4.79 Å². The van der Waals surface area contributed by atoms with Gasteiger partial charge in [-0.3, -0.25) is 4.79 Å². The van der Waals surface area contributed by atoms with Gasteiger partial charge in [-0.15, -0.1) is 11.3 Å². The summed E-state index contributed by atoms with van der Waals surface area (Å²) in [7, 11) is 0. The molecule has 1 aromatic carbocycles. The zero-order chi connectivity index (χ0) is 11.4. The molecule has 4 nitrogen and oxygen atoms in total. The first-order valence-corrected chi connectivity index (χ1v) is 5.63. The average Bonchev–Trinajstić information content (AvgIpc) is 2.83. The lowest BCUT2D eigenvalue weighted by Gasteiger charge is -2.03. The van der Waals surface area contributed by atoms with Crippen LogP contribution in [0.5, 0.6) is 0 Å². The molecule has 0 aliphatic carbocycles. The Morgan fingerprint density at radius 2 is 2.12 bits per heavy atom. The van der Waals surface area contributed by atoms with E-state index in [2.05, 4.69) is 10.3 Å². The van der Waals surface area contributed by atoms with Gasteiger partial charge in [-0.1, -0.05) is 12.1 Å². The molecule has 0 saturated carbocycles. The molecule has 0 atom stereocenters. The van der Waals surface area contributed by atoms with E-state index < -0.39 is 0 Å². The number of aromatic nitrogens is 1. The van der Waals surface area contributed by atoms with E-state index in [1.165, 1.54) is 11.3 Å². The molecule has 0 aliphatic rings. The highest BCUT2D eigenvalue weighted by Crippen LogP contribution is 2.11. The summed E-state index contributed by atoms with van der Waals surface area (Å²) in [6, 6.07) is 7.01. The number of rotatable bonds is 3. The highest BCUT2D eigenvalue weighted by Gasteiger charge is 2.07. The van der Waals surface area contributed by atoms with Crippen LogP contribution in [-0.4, -0.2) is 16.0 Å². The van der Waals surface area contributed by atoms with Crippen LogP contribution < -0.4 is 5.32 Å². The first-order valence-electron chi connectivity index (χ1n) is 4.69. The topological polar surface area (TPSA) is 62.2 Å². The fourth-order valence-corrected chi connectivity index (χ4v) is 1.75. The van der Waals surface area contributed by atoms with Gasteiger partial charge in [-0.25, -0.2) is 4.98 Å². The molecule has 0 radical (unpaired) electrons. The van der Waals surface area contributed by atoms with Crippen molar-refractivity contribution < 1.29 is 9.90 Å². The molecule has 2 rings (SSSR count). The van der Waals surface area contributed by atoms with Crippen molar-refractivity contribution in [3.05, 3.63) is 46.4 Å². The number of amides is 1. The maximum absolute atomic E-state index is 11.6. The van der Waals surface area contributed by atoms with Gasteiger partial charge in [0, 0.05) is 11.1 Å². The number of thiazole rings is 1. The summed E-state index contributed by atoms with van der Waals surface area (Å²) in [5.41, 5.74) is 3.53. The third-order valence-corrected chi connectivity index (χ3v) is 2.65. The van der Waals surface area contributed by atoms with E-state index in [4.69, 9.17) is 5.11 Å². The summed E-state index contributed by atoms with van der Waals surface area (Å²) in [4.78, 5) is 15.5. The summed E-state index contributed by atoms with van der Waals surface area (Å²) >= 11 is 1.38. The van der Waals surface area contributed by atoms with Crippen LogP contribution in [-0.2, 0) is 6.61 Å². The monoisotopic (exact) mass is 234 g/mol. The fraction of sp³-hybridized carbons (Fsp3) is 0.0909. The molecule has 1 aromatic heterocycles. The average molecular weight is 234 g/mol. The third kappa shape index (κ3) is 2.44. The zero-order valence-electron chi connectivity index (χ0n) is 8.38. The number of carbonyl (C=O) groups is 1. The van der Waals surface area contributed by atoms with E-state index in [0.717, 1.165) is 5.56 Å². The van der Waals surface area contributed by atoms with Crippen LogP contribution >= 0.6 is 11.3 Å². The van der Waals surface area contributed by atoms with Gasteiger partial charge in [0.05, 0.1) is 12.1 Å². The van der Waals surface area contributed by atoms with Gasteiger partial charge in [0.1, 0.15) is 5.69 Å². The predicted octanol–water partition coefficient (Wildman–Crippen LogP) is 1.89. The van der Waals surface area contributed by atoms with Gasteiger partial charge in [-0.2, -0.15) is 0 Å². The second-order valence-corrected chi connectivity index (χ2v) is 3.90. The quantitative estimate of drug-likeness (QED) is 0.852. The van der Waals surface area contributed by atoms with Crippen LogP contribution in [0.3, 0.4) is 0 Å². The molecular weight excluding hydrogens is 224 g/mol. The number of benzene rings is 1. The molecular formula is C11H10N2O2S. The molecule has 5 heteroatoms. The van der Waals surface area contributed by atoms with Crippen LogP contribution in [0.2, 0.25) is 0 Å². The third-order valence-electron chi connectivity index (χ3n) is 2.06. The molecule has 0 aliphatic heterocycles. The molecule has 0 saturated heterocycles. The predicted molar refractivity (Wildman–Crippen MR) is 62.4 cm³/mol. The SMILES string of the molecule is O=C(Nc1ccc(CO)cc1)c1cscn1. The van der Waals surface area contributed by atoms with E-state index in [1.54, 1.807) is 35.2 Å². The number of nitrogens with one attached hydrogen (secondary N) is 1. The molecule has 16 heavy (non-hydrogen) atoms. The van der Waals surface area contributed by atoms with Gasteiger partial charge >= 0.3 is 0 Å². The Hall–Kier alpha value is -1.72. The maximum Gasteiger partial charge on any atom is 0.275 e. The number of carbonyl (C=O) groups excluding carboxylic acids is 1. The van der Waals surface area contributed by atoms with Gasteiger partial charge in [0.2, 0.25) is 0 Å². The number of hydrogen-bond acceptors (Lipinski definition) is 4. The highest BCUT2D eigenvalue weighted by atomic mass is 32.1. The summed E-state index contributed by atoms with van der Waals surface area (Å²) in [5, 5.41) is 13.3. The first kappa shape index (κ1) is 10.8. The Morgan fingerprint density at radius 3 is 2.69 bits per heavy atom. The Morgan fingerprint density at radius 1 is 1.38 bits per heavy atom. The van der Waals surface area contributed by atoms with Gasteiger partial charge < -0.3 is 10.4 Å². The van der Waals surface area contributed by atoms with Gasteiger partial charge in [-0.05, 0) is 17.7 Å². The lowest BCUT2D eigenvalue weighted by molar-refractivity contribution is 0.102. The Labute approximate surface area is 96.6 Å². The van der Waals surface area contributed by atoms with Gasteiger partial charge in [0.15, 0.2) is 0 Å². The van der Waals surface area contributed by atoms with Crippen LogP contribution in [0.25, 0.3) is 0 Å². The zero-order valence-corrected chi connectivity index (χ0v) is 9.20. The van der Waals surface area contributed by atoms with E-state index in [-0.39, 0.29) is 12.5 Å². The van der Waals surface area contributed by atoms with Crippen molar-refractivity contribution in [1.29, 1.82) is 0 Å². The lowest BCUT2D eigenvalue weighted by atomic mass is 10.2. The Balaban J connectivity index is 2.06. The second-order valence-electron chi connectivity index (χ2n) is 3.18. The maximum atomic E-state index is 11.6. The first-order chi connectivity index (χ1) is 7.79. The fourth-order valence-electron chi connectivity index (χ4n) is 1.21. The standard InChI is InChI=1S/C11H10N2O2S/c14-5-8-1-3-9(4-2-8)13-11(15)10-6-16-7-12-10/h1-4,6-7,14H,5H2,(H,13,15). The van der Waals surface area contributed by atoms with Crippen molar-refractivity contribution in [2.45, 2.75) is 6.61 Å². The lowest BCUT2D eigenvalue weighted by Crippen LogP contribution is -2.11. The van der Waals surface area contributed by atoms with Crippen molar-refractivity contribution in [3.8, 4) is 0 Å². The molecule has 1 amide bonds. The minimum absolute atomic E-state index is 0.000310. The largest absolute Gasteiger partial charge is 0.392 e. The van der Waals surface area contributed by atoms with E-state index in [1.807, 2.05) is 0 Å². The number of hydrogen-bond donors (Lipinski definition) is 2. The Bertz CT molecular complexity index is 465. The minimum Gasteiger partial charge on any atom is -0.392 e. The highest BCUT2D eigenvalue weighted by molar-refractivity contribution is 7.07. The van der Waals surface area contributed by atoms with Crippen LogP contribution in [0.1, 0.15) is 16.1 Å². The summed E-state index contributed by atoms with van der Waals surface area (Å²) < 4.78 is 0. The van der Waals surface area contributed by atoms with Crippen molar-refractivity contribution >= 4 is 22.9 Å². The number of anilines is 1. The van der Waals surface area contributed by atoms with E-state index >= 15 is 0 Å². The number of nitrogens with zero attached hydrogens (tertiary/aromatic N) is 1. The molecule has 2 aromatic rings. The van der Waals surface area contributed by atoms with Crippen LogP contribution in [0, 0.1) is 0 Å². The number of aliphatic hydroxyl groups is 1. The van der Waals surface area contributed by atoms with Crippen molar-refractivity contribution in [1.82, 2.24) is 4.98 Å². The van der Waals surface area contributed by atoms with Crippen LogP contribution in [0.4, 0.5) is 5.69 Å². The molecule has 0 unspecified atom stereocenters. The Kier molecular flexibility index (Phi) is 3.28. The molecule has 0 spiro atoms. The van der Waals surface area contributed by atoms with Gasteiger partial charge in [0.25, 0.3) is 5.91 Å². The summed E-state index contributed by atoms with van der Waals surface area (Å²) in [6.07, 6.45) is 0. The summed E-state index contributed by atoms with van der Waals surface area (Å²) in [5.74, 6) is -0.224.